The van der Waals surface area contributed by atoms with Crippen molar-refractivity contribution >= 4 is 33.0 Å². The molecule has 0 bridgehead atoms. The fourth-order valence-electron chi connectivity index (χ4n) is 1.65. The van der Waals surface area contributed by atoms with Crippen molar-refractivity contribution in [1.29, 1.82) is 0 Å². The Hall–Kier alpha value is -1.84. The average Bonchev–Trinajstić information content (AvgIpc) is 2.97. The topological polar surface area (TPSA) is 66.5 Å². The van der Waals surface area contributed by atoms with E-state index in [4.69, 9.17) is 0 Å². The minimum atomic E-state index is -3.80. The van der Waals surface area contributed by atoms with Gasteiger partial charge in [-0.05, 0) is 23.6 Å². The van der Waals surface area contributed by atoms with Crippen molar-refractivity contribution < 1.29 is 22.0 Å². The minimum Gasteiger partial charge on any atom is -0.320 e. The number of rotatable bonds is 5. The first kappa shape index (κ1) is 16.5. The third kappa shape index (κ3) is 3.49. The second-order valence-electron chi connectivity index (χ2n) is 4.34. The van der Waals surface area contributed by atoms with Crippen molar-refractivity contribution in [2.45, 2.75) is 4.21 Å². The SMILES string of the molecule is CN(CC(=O)Nc1c(F)cccc1F)S(=O)(=O)c1cccs1. The molecule has 1 N–H and O–H groups in total. The monoisotopic (exact) mass is 346 g/mol. The van der Waals surface area contributed by atoms with E-state index in [1.54, 1.807) is 11.4 Å². The lowest BCUT2D eigenvalue weighted by atomic mass is 10.3. The fourth-order valence-corrected chi connectivity index (χ4v) is 3.98. The quantitative estimate of drug-likeness (QED) is 0.903. The molecule has 1 aromatic heterocycles. The number of carbonyl (C=O) groups is 1. The van der Waals surface area contributed by atoms with E-state index in [0.29, 0.717) is 0 Å². The maximum atomic E-state index is 13.4. The molecule has 1 heterocycles. The predicted octanol–water partition coefficient (Wildman–Crippen LogP) is 2.29. The Morgan fingerprint density at radius 2 is 1.86 bits per heavy atom. The molecule has 118 valence electrons. The van der Waals surface area contributed by atoms with Crippen molar-refractivity contribution in [1.82, 2.24) is 4.31 Å². The van der Waals surface area contributed by atoms with E-state index >= 15 is 0 Å². The van der Waals surface area contributed by atoms with E-state index in [1.165, 1.54) is 13.1 Å². The molecular formula is C13H12F2N2O3S2. The highest BCUT2D eigenvalue weighted by atomic mass is 32.2. The molecule has 0 fully saturated rings. The average molecular weight is 346 g/mol. The van der Waals surface area contributed by atoms with Gasteiger partial charge in [-0.2, -0.15) is 4.31 Å². The van der Waals surface area contributed by atoms with Crippen LogP contribution in [0.5, 0.6) is 0 Å². The zero-order valence-electron chi connectivity index (χ0n) is 11.4. The van der Waals surface area contributed by atoms with Crippen LogP contribution in [-0.4, -0.2) is 32.2 Å². The third-order valence-corrected chi connectivity index (χ3v) is 5.93. The summed E-state index contributed by atoms with van der Waals surface area (Å²) in [5.74, 6) is -2.71. The number of halogens is 2. The van der Waals surface area contributed by atoms with Gasteiger partial charge in [-0.1, -0.05) is 12.1 Å². The molecule has 1 amide bonds. The maximum absolute atomic E-state index is 13.4. The maximum Gasteiger partial charge on any atom is 0.252 e. The highest BCUT2D eigenvalue weighted by Crippen LogP contribution is 2.21. The van der Waals surface area contributed by atoms with E-state index < -0.39 is 39.8 Å². The normalized spacial score (nSPS) is 11.6. The fraction of sp³-hybridized carbons (Fsp3) is 0.154. The molecule has 22 heavy (non-hydrogen) atoms. The molecule has 0 saturated carbocycles. The zero-order chi connectivity index (χ0) is 16.3. The van der Waals surface area contributed by atoms with Crippen molar-refractivity contribution in [2.24, 2.45) is 0 Å². The van der Waals surface area contributed by atoms with Crippen molar-refractivity contribution in [3.05, 3.63) is 47.3 Å². The van der Waals surface area contributed by atoms with Gasteiger partial charge in [-0.3, -0.25) is 4.79 Å². The predicted molar refractivity (Wildman–Crippen MR) is 79.1 cm³/mol. The molecule has 0 atom stereocenters. The lowest BCUT2D eigenvalue weighted by Crippen LogP contribution is -2.34. The van der Waals surface area contributed by atoms with Crippen molar-refractivity contribution in [3.8, 4) is 0 Å². The zero-order valence-corrected chi connectivity index (χ0v) is 13.0. The van der Waals surface area contributed by atoms with E-state index in [9.17, 15) is 22.0 Å². The van der Waals surface area contributed by atoms with Gasteiger partial charge in [0.2, 0.25) is 5.91 Å². The Bertz CT molecular complexity index is 756. The van der Waals surface area contributed by atoms with Crippen molar-refractivity contribution in [3.63, 3.8) is 0 Å². The molecule has 1 aromatic carbocycles. The Kier molecular flexibility index (Phi) is 4.89. The third-order valence-electron chi connectivity index (χ3n) is 2.75. The summed E-state index contributed by atoms with van der Waals surface area (Å²) in [6, 6.07) is 6.12. The van der Waals surface area contributed by atoms with Crippen LogP contribution in [0.2, 0.25) is 0 Å². The van der Waals surface area contributed by atoms with Crippen LogP contribution in [0.4, 0.5) is 14.5 Å². The van der Waals surface area contributed by atoms with Crippen LogP contribution in [0.3, 0.4) is 0 Å². The summed E-state index contributed by atoms with van der Waals surface area (Å²) in [5, 5.41) is 3.63. The smallest absolute Gasteiger partial charge is 0.252 e. The van der Waals surface area contributed by atoms with Gasteiger partial charge >= 0.3 is 0 Å². The Balaban J connectivity index is 2.09. The molecule has 0 unspecified atom stereocenters. The summed E-state index contributed by atoms with van der Waals surface area (Å²) < 4.78 is 52.0. The van der Waals surface area contributed by atoms with Gasteiger partial charge < -0.3 is 5.32 Å². The number of carbonyl (C=O) groups excluding carboxylic acids is 1. The van der Waals surface area contributed by atoms with Crippen LogP contribution >= 0.6 is 11.3 Å². The molecule has 0 aliphatic carbocycles. The van der Waals surface area contributed by atoms with Crippen LogP contribution in [0, 0.1) is 11.6 Å². The molecule has 5 nitrogen and oxygen atoms in total. The van der Waals surface area contributed by atoms with E-state index in [1.807, 2.05) is 5.32 Å². The number of likely N-dealkylation sites (N-methyl/N-ethyl adjacent to an activating group) is 1. The number of sulfonamides is 1. The summed E-state index contributed by atoms with van der Waals surface area (Å²) in [7, 11) is -2.59. The van der Waals surface area contributed by atoms with Crippen LogP contribution < -0.4 is 5.32 Å². The molecule has 2 rings (SSSR count). The molecule has 0 aliphatic heterocycles. The summed E-state index contributed by atoms with van der Waals surface area (Å²) in [5.41, 5.74) is -0.602. The molecule has 0 aliphatic rings. The summed E-state index contributed by atoms with van der Waals surface area (Å²) in [6.07, 6.45) is 0. The van der Waals surface area contributed by atoms with Gasteiger partial charge in [-0.15, -0.1) is 11.3 Å². The highest BCUT2D eigenvalue weighted by molar-refractivity contribution is 7.91. The molecule has 0 saturated heterocycles. The van der Waals surface area contributed by atoms with Gasteiger partial charge in [0.05, 0.1) is 6.54 Å². The van der Waals surface area contributed by atoms with Gasteiger partial charge in [0.1, 0.15) is 21.5 Å². The van der Waals surface area contributed by atoms with Crippen LogP contribution in [0.25, 0.3) is 0 Å². The molecular weight excluding hydrogens is 334 g/mol. The summed E-state index contributed by atoms with van der Waals surface area (Å²) in [6.45, 7) is -0.562. The molecule has 0 radical (unpaired) electrons. The first-order valence-electron chi connectivity index (χ1n) is 6.06. The van der Waals surface area contributed by atoms with Crippen molar-refractivity contribution in [2.75, 3.05) is 18.9 Å². The Labute approximate surface area is 130 Å². The lowest BCUT2D eigenvalue weighted by Gasteiger charge is -2.16. The lowest BCUT2D eigenvalue weighted by molar-refractivity contribution is -0.116. The first-order valence-corrected chi connectivity index (χ1v) is 8.38. The number of nitrogens with one attached hydrogen (secondary N) is 1. The van der Waals surface area contributed by atoms with E-state index in [2.05, 4.69) is 0 Å². The number of benzene rings is 1. The second kappa shape index (κ2) is 6.51. The van der Waals surface area contributed by atoms with E-state index in [-0.39, 0.29) is 4.21 Å². The Morgan fingerprint density at radius 1 is 1.23 bits per heavy atom. The summed E-state index contributed by atoms with van der Waals surface area (Å²) in [4.78, 5) is 11.8. The van der Waals surface area contributed by atoms with Crippen LogP contribution in [0.15, 0.2) is 39.9 Å². The summed E-state index contributed by atoms with van der Waals surface area (Å²) >= 11 is 1.01. The molecule has 0 spiro atoms. The minimum absolute atomic E-state index is 0.0832. The number of para-hydroxylation sites is 1. The number of anilines is 1. The Morgan fingerprint density at radius 3 is 2.41 bits per heavy atom. The van der Waals surface area contributed by atoms with Gasteiger partial charge in [0.25, 0.3) is 10.0 Å². The standard InChI is InChI=1S/C13H12F2N2O3S2/c1-17(22(19,20)12-6-3-7-21-12)8-11(18)16-13-9(14)4-2-5-10(13)15/h2-7H,8H2,1H3,(H,16,18). The number of hydrogen-bond donors (Lipinski definition) is 1. The number of thiophene rings is 1. The first-order chi connectivity index (χ1) is 10.3. The number of nitrogens with zero attached hydrogens (tertiary/aromatic N) is 1. The van der Waals surface area contributed by atoms with E-state index in [0.717, 1.165) is 33.8 Å². The van der Waals surface area contributed by atoms with Gasteiger partial charge in [-0.25, -0.2) is 17.2 Å². The molecule has 2 aromatic rings. The van der Waals surface area contributed by atoms with Crippen LogP contribution in [0.1, 0.15) is 0 Å². The number of hydrogen-bond acceptors (Lipinski definition) is 4. The van der Waals surface area contributed by atoms with Gasteiger partial charge in [0, 0.05) is 7.05 Å². The highest BCUT2D eigenvalue weighted by Gasteiger charge is 2.24. The van der Waals surface area contributed by atoms with Crippen LogP contribution in [-0.2, 0) is 14.8 Å². The molecule has 9 heteroatoms. The number of amides is 1. The van der Waals surface area contributed by atoms with Gasteiger partial charge in [0.15, 0.2) is 0 Å². The second-order valence-corrected chi connectivity index (χ2v) is 7.56. The largest absolute Gasteiger partial charge is 0.320 e.